The number of benzene rings is 1. The molecule has 0 saturated heterocycles. The van der Waals surface area contributed by atoms with Crippen LogP contribution in [0.3, 0.4) is 0 Å². The van der Waals surface area contributed by atoms with Crippen molar-refractivity contribution in [2.75, 3.05) is 0 Å². The van der Waals surface area contributed by atoms with Gasteiger partial charge in [0, 0.05) is 5.56 Å². The molecule has 1 aromatic rings. The van der Waals surface area contributed by atoms with E-state index in [2.05, 4.69) is 45.0 Å². The van der Waals surface area contributed by atoms with Crippen LogP contribution in [0.5, 0.6) is 0 Å². The highest BCUT2D eigenvalue weighted by Crippen LogP contribution is 2.62. The number of hydrogen-bond acceptors (Lipinski definition) is 1. The van der Waals surface area contributed by atoms with Gasteiger partial charge in [-0.3, -0.25) is 0 Å². The van der Waals surface area contributed by atoms with Gasteiger partial charge in [-0.2, -0.15) is 0 Å². The Bertz CT molecular complexity index is 591. The van der Waals surface area contributed by atoms with Crippen LogP contribution >= 0.6 is 0 Å². The lowest BCUT2D eigenvalue weighted by Crippen LogP contribution is -2.53. The zero-order valence-corrected chi connectivity index (χ0v) is 16.1. The van der Waals surface area contributed by atoms with Crippen molar-refractivity contribution in [3.63, 3.8) is 0 Å². The van der Waals surface area contributed by atoms with Crippen LogP contribution in [0, 0.1) is 35.5 Å². The summed E-state index contributed by atoms with van der Waals surface area (Å²) in [5, 5.41) is 0. The van der Waals surface area contributed by atoms with Gasteiger partial charge in [-0.15, -0.1) is 6.42 Å². The van der Waals surface area contributed by atoms with Gasteiger partial charge in [0.25, 0.3) is 0 Å². The Labute approximate surface area is 143 Å². The number of hydrogen-bond donors (Lipinski definition) is 0. The summed E-state index contributed by atoms with van der Waals surface area (Å²) in [6, 6.07) is 9.52. The lowest BCUT2D eigenvalue weighted by atomic mass is 9.46. The molecule has 3 fully saturated rings. The zero-order valence-electron chi connectivity index (χ0n) is 15.1. The van der Waals surface area contributed by atoms with Crippen LogP contribution in [0.1, 0.15) is 44.2 Å². The van der Waals surface area contributed by atoms with E-state index in [1.165, 1.54) is 30.9 Å². The highest BCUT2D eigenvalue weighted by Gasteiger charge is 2.54. The molecule has 0 heterocycles. The van der Waals surface area contributed by atoms with Crippen LogP contribution in [-0.4, -0.2) is 8.32 Å². The second kappa shape index (κ2) is 6.11. The molecule has 0 spiro atoms. The van der Waals surface area contributed by atoms with E-state index in [0.717, 1.165) is 29.9 Å². The molecule has 3 saturated carbocycles. The Morgan fingerprint density at radius 1 is 1.22 bits per heavy atom. The second-order valence-corrected chi connectivity index (χ2v) is 13.0. The summed E-state index contributed by atoms with van der Waals surface area (Å²) in [6.45, 7) is 10.5. The fourth-order valence-electron chi connectivity index (χ4n) is 4.87. The van der Waals surface area contributed by atoms with Crippen LogP contribution in [0.4, 0.5) is 0 Å². The molecule has 124 valence electrons. The molecule has 2 bridgehead atoms. The summed E-state index contributed by atoms with van der Waals surface area (Å²) in [5.74, 6) is 5.48. The average molecular weight is 327 g/mol. The molecule has 4 rings (SSSR count). The van der Waals surface area contributed by atoms with E-state index >= 15 is 0 Å². The minimum Gasteiger partial charge on any atom is -0.413 e. The fourth-order valence-corrected chi connectivity index (χ4v) is 7.30. The van der Waals surface area contributed by atoms with Crippen LogP contribution in [-0.2, 0) is 11.0 Å². The van der Waals surface area contributed by atoms with Crippen molar-refractivity contribution >= 4 is 8.32 Å². The molecule has 1 aromatic carbocycles. The monoisotopic (exact) mass is 326 g/mol. The third-order valence-electron chi connectivity index (χ3n) is 6.51. The van der Waals surface area contributed by atoms with Crippen molar-refractivity contribution in [3.8, 4) is 12.3 Å². The minimum atomic E-state index is -1.62. The van der Waals surface area contributed by atoms with Gasteiger partial charge in [-0.1, -0.05) is 38.3 Å². The topological polar surface area (TPSA) is 9.23 Å². The summed E-state index contributed by atoms with van der Waals surface area (Å²) in [4.78, 5) is 0. The van der Waals surface area contributed by atoms with E-state index in [1.807, 2.05) is 12.1 Å². The van der Waals surface area contributed by atoms with Crippen LogP contribution in [0.2, 0.25) is 19.1 Å². The molecular weight excluding hydrogens is 296 g/mol. The molecule has 3 atom stereocenters. The summed E-state index contributed by atoms with van der Waals surface area (Å²) < 4.78 is 6.41. The smallest absolute Gasteiger partial charge is 0.187 e. The van der Waals surface area contributed by atoms with E-state index in [-0.39, 0.29) is 0 Å². The lowest BCUT2D eigenvalue weighted by Gasteiger charge is -2.61. The first-order chi connectivity index (χ1) is 10.8. The molecular formula is C21H30OSi. The third kappa shape index (κ3) is 3.42. The highest BCUT2D eigenvalue weighted by molar-refractivity contribution is 6.71. The van der Waals surface area contributed by atoms with Crippen molar-refractivity contribution in [2.24, 2.45) is 23.2 Å². The largest absolute Gasteiger partial charge is 0.413 e. The Hall–Kier alpha value is -1.04. The van der Waals surface area contributed by atoms with Gasteiger partial charge in [0.15, 0.2) is 8.32 Å². The van der Waals surface area contributed by atoms with Gasteiger partial charge in [0.1, 0.15) is 0 Å². The first-order valence-corrected chi connectivity index (χ1v) is 12.1. The first-order valence-electron chi connectivity index (χ1n) is 9.01. The van der Waals surface area contributed by atoms with E-state index in [4.69, 9.17) is 10.8 Å². The SMILES string of the molecule is C#Cc1ccc(CO[Si](C)(C)CC2CCC3CC2C3(C)C)cc1. The van der Waals surface area contributed by atoms with Crippen LogP contribution in [0.15, 0.2) is 24.3 Å². The summed E-state index contributed by atoms with van der Waals surface area (Å²) in [7, 11) is -1.62. The van der Waals surface area contributed by atoms with Crippen molar-refractivity contribution < 1.29 is 4.43 Å². The Morgan fingerprint density at radius 3 is 2.48 bits per heavy atom. The number of terminal acetylenes is 1. The van der Waals surface area contributed by atoms with E-state index in [0.29, 0.717) is 5.41 Å². The van der Waals surface area contributed by atoms with Gasteiger partial charge in [-0.25, -0.2) is 0 Å². The Balaban J connectivity index is 1.55. The molecule has 0 amide bonds. The van der Waals surface area contributed by atoms with E-state index < -0.39 is 8.32 Å². The Kier molecular flexibility index (Phi) is 4.46. The second-order valence-electron chi connectivity index (χ2n) is 8.79. The quantitative estimate of drug-likeness (QED) is 0.515. The maximum absolute atomic E-state index is 6.41. The zero-order chi connectivity index (χ0) is 16.7. The summed E-state index contributed by atoms with van der Waals surface area (Å²) in [6.07, 6.45) is 9.74. The molecule has 3 aliphatic carbocycles. The molecule has 0 aliphatic heterocycles. The van der Waals surface area contributed by atoms with Gasteiger partial charge in [0.05, 0.1) is 6.61 Å². The van der Waals surface area contributed by atoms with Gasteiger partial charge >= 0.3 is 0 Å². The van der Waals surface area contributed by atoms with Crippen molar-refractivity contribution in [1.29, 1.82) is 0 Å². The minimum absolute atomic E-state index is 0.582. The fraction of sp³-hybridized carbons (Fsp3) is 0.619. The maximum Gasteiger partial charge on any atom is 0.187 e. The average Bonchev–Trinajstić information content (AvgIpc) is 2.53. The van der Waals surface area contributed by atoms with Crippen molar-refractivity contribution in [3.05, 3.63) is 35.4 Å². The molecule has 0 aromatic heterocycles. The molecule has 23 heavy (non-hydrogen) atoms. The molecule has 3 aliphatic rings. The lowest BCUT2D eigenvalue weighted by molar-refractivity contribution is -0.0998. The predicted molar refractivity (Wildman–Crippen MR) is 99.6 cm³/mol. The highest BCUT2D eigenvalue weighted by atomic mass is 28.4. The molecule has 3 unspecified atom stereocenters. The van der Waals surface area contributed by atoms with Gasteiger partial charge in [-0.05, 0) is 72.8 Å². The van der Waals surface area contributed by atoms with Crippen LogP contribution in [0.25, 0.3) is 0 Å². The van der Waals surface area contributed by atoms with Gasteiger partial charge < -0.3 is 4.43 Å². The number of fused-ring (bicyclic) bond motifs is 2. The first kappa shape index (κ1) is 16.8. The molecule has 0 radical (unpaired) electrons. The summed E-state index contributed by atoms with van der Waals surface area (Å²) >= 11 is 0. The molecule has 0 N–H and O–H groups in total. The standard InChI is InChI=1S/C21H30OSi/c1-6-16-7-9-17(10-8-16)14-22-23(4,5)15-18-11-12-19-13-20(18)21(19,2)3/h1,7-10,18-20H,11-15H2,2-5H3. The van der Waals surface area contributed by atoms with Crippen molar-refractivity contribution in [2.45, 2.75) is 58.9 Å². The van der Waals surface area contributed by atoms with Crippen LogP contribution < -0.4 is 0 Å². The van der Waals surface area contributed by atoms with Crippen molar-refractivity contribution in [1.82, 2.24) is 0 Å². The molecule has 2 heteroatoms. The van der Waals surface area contributed by atoms with E-state index in [1.54, 1.807) is 0 Å². The maximum atomic E-state index is 6.41. The normalized spacial score (nSPS) is 28.7. The van der Waals surface area contributed by atoms with E-state index in [9.17, 15) is 0 Å². The predicted octanol–water partition coefficient (Wildman–Crippen LogP) is 5.46. The molecule has 1 nitrogen and oxygen atoms in total. The summed E-state index contributed by atoms with van der Waals surface area (Å²) in [5.41, 5.74) is 2.75. The Morgan fingerprint density at radius 2 is 1.91 bits per heavy atom. The third-order valence-corrected chi connectivity index (χ3v) is 8.94. The number of rotatable bonds is 5. The van der Waals surface area contributed by atoms with Gasteiger partial charge in [0.2, 0.25) is 0 Å².